The molecule has 2 aromatic carbocycles. The Bertz CT molecular complexity index is 1020. The topological polar surface area (TPSA) is 53.4 Å². The third-order valence-corrected chi connectivity index (χ3v) is 5.45. The zero-order valence-electron chi connectivity index (χ0n) is 14.1. The van der Waals surface area contributed by atoms with Gasteiger partial charge in [0.1, 0.15) is 5.82 Å². The number of hydrogen-bond donors (Lipinski definition) is 1. The van der Waals surface area contributed by atoms with Gasteiger partial charge < -0.3 is 5.11 Å². The number of halogens is 4. The maximum absolute atomic E-state index is 13.8. The second-order valence-electron chi connectivity index (χ2n) is 5.66. The number of aromatic nitrogens is 1. The molecule has 0 saturated heterocycles. The Balaban J connectivity index is 1.93. The first-order chi connectivity index (χ1) is 13.3. The number of hydrogen-bond acceptors (Lipinski definition) is 4. The van der Waals surface area contributed by atoms with Gasteiger partial charge in [0.05, 0.1) is 27.2 Å². The van der Waals surface area contributed by atoms with Crippen LogP contribution in [0.15, 0.2) is 59.6 Å². The smallest absolute Gasteiger partial charge is 0.335 e. The summed E-state index contributed by atoms with van der Waals surface area (Å²) in [6, 6.07) is 12.4. The van der Waals surface area contributed by atoms with Crippen LogP contribution in [0, 0.1) is 5.82 Å². The number of carboxylic acid groups (broad SMARTS) is 1. The van der Waals surface area contributed by atoms with Crippen molar-refractivity contribution in [2.75, 3.05) is 4.31 Å². The third-order valence-electron chi connectivity index (χ3n) is 3.65. The normalized spacial score (nSPS) is 10.7. The van der Waals surface area contributed by atoms with Crippen LogP contribution < -0.4 is 4.31 Å². The van der Waals surface area contributed by atoms with Crippen LogP contribution in [0.25, 0.3) is 0 Å². The lowest BCUT2D eigenvalue weighted by Crippen LogP contribution is -2.16. The van der Waals surface area contributed by atoms with Gasteiger partial charge >= 0.3 is 5.97 Å². The van der Waals surface area contributed by atoms with E-state index in [0.717, 1.165) is 4.90 Å². The van der Waals surface area contributed by atoms with Gasteiger partial charge in [0.2, 0.25) is 0 Å². The molecule has 0 bridgehead atoms. The van der Waals surface area contributed by atoms with E-state index in [2.05, 4.69) is 4.98 Å². The lowest BCUT2D eigenvalue weighted by Gasteiger charge is -2.23. The minimum atomic E-state index is -1.01. The van der Waals surface area contributed by atoms with Crippen molar-refractivity contribution in [1.82, 2.24) is 4.98 Å². The van der Waals surface area contributed by atoms with E-state index < -0.39 is 11.8 Å². The highest BCUT2D eigenvalue weighted by Gasteiger charge is 2.16. The monoisotopic (exact) mass is 456 g/mol. The van der Waals surface area contributed by atoms with Crippen LogP contribution >= 0.6 is 46.8 Å². The van der Waals surface area contributed by atoms with Crippen molar-refractivity contribution in [3.8, 4) is 0 Å². The zero-order valence-corrected chi connectivity index (χ0v) is 17.2. The minimum absolute atomic E-state index is 0.0369. The highest BCUT2D eigenvalue weighted by molar-refractivity contribution is 8.00. The van der Waals surface area contributed by atoms with Crippen LogP contribution in [0.1, 0.15) is 15.9 Å². The molecule has 0 aliphatic carbocycles. The number of anilines is 1. The molecule has 0 atom stereocenters. The van der Waals surface area contributed by atoms with E-state index in [-0.39, 0.29) is 17.1 Å². The molecule has 3 rings (SSSR count). The van der Waals surface area contributed by atoms with Gasteiger partial charge in [-0.3, -0.25) is 4.31 Å². The standard InChI is InChI=1S/C19H12Cl3FN2O2S/c20-13-8-16(22)18(24-9-13)25(10-11-1-6-15(21)17(23)7-11)28-14-4-2-12(3-5-14)19(26)27/h1-9H,10H2,(H,26,27). The highest BCUT2D eigenvalue weighted by atomic mass is 35.5. The van der Waals surface area contributed by atoms with Crippen LogP contribution in [0.3, 0.4) is 0 Å². The van der Waals surface area contributed by atoms with Gasteiger partial charge in [-0.2, -0.15) is 0 Å². The Hall–Kier alpha value is -1.99. The van der Waals surface area contributed by atoms with Crippen LogP contribution in [0.2, 0.25) is 15.1 Å². The minimum Gasteiger partial charge on any atom is -0.478 e. The Morgan fingerprint density at radius 2 is 1.79 bits per heavy atom. The zero-order chi connectivity index (χ0) is 20.3. The van der Waals surface area contributed by atoms with Gasteiger partial charge in [0.15, 0.2) is 5.82 Å². The maximum Gasteiger partial charge on any atom is 0.335 e. The molecule has 28 heavy (non-hydrogen) atoms. The number of carboxylic acids is 1. The third kappa shape index (κ3) is 5.08. The number of aromatic carboxylic acids is 1. The molecule has 0 saturated carbocycles. The number of carbonyl (C=O) groups is 1. The summed E-state index contributed by atoms with van der Waals surface area (Å²) in [5, 5.41) is 9.80. The Labute approximate surface area is 180 Å². The average molecular weight is 458 g/mol. The van der Waals surface area contributed by atoms with Gasteiger partial charge in [0, 0.05) is 11.1 Å². The summed E-state index contributed by atoms with van der Waals surface area (Å²) in [5.74, 6) is -1.09. The molecule has 0 aliphatic heterocycles. The Morgan fingerprint density at radius 1 is 1.07 bits per heavy atom. The molecule has 0 radical (unpaired) electrons. The Kier molecular flexibility index (Phi) is 6.67. The maximum atomic E-state index is 13.8. The molecule has 0 fully saturated rings. The summed E-state index contributed by atoms with van der Waals surface area (Å²) in [5.41, 5.74) is 0.836. The van der Waals surface area contributed by atoms with Gasteiger partial charge in [-0.15, -0.1) is 0 Å². The first-order valence-electron chi connectivity index (χ1n) is 7.87. The molecule has 4 nitrogen and oxygen atoms in total. The van der Waals surface area contributed by atoms with E-state index in [0.29, 0.717) is 21.4 Å². The molecule has 1 heterocycles. The van der Waals surface area contributed by atoms with Crippen molar-refractivity contribution in [3.63, 3.8) is 0 Å². The summed E-state index contributed by atoms with van der Waals surface area (Å²) >= 11 is 19.3. The molecule has 9 heteroatoms. The quantitative estimate of drug-likeness (QED) is 0.423. The summed E-state index contributed by atoms with van der Waals surface area (Å²) in [4.78, 5) is 16.1. The molecule has 1 N–H and O–H groups in total. The molecule has 144 valence electrons. The number of nitrogens with zero attached hydrogens (tertiary/aromatic N) is 2. The fourth-order valence-corrected chi connectivity index (χ4v) is 3.94. The number of pyridine rings is 1. The molecule has 1 aromatic heterocycles. The largest absolute Gasteiger partial charge is 0.478 e. The van der Waals surface area contributed by atoms with E-state index in [1.807, 2.05) is 0 Å². The van der Waals surface area contributed by atoms with Crippen molar-refractivity contribution in [2.24, 2.45) is 0 Å². The van der Waals surface area contributed by atoms with Crippen LogP contribution in [-0.2, 0) is 6.54 Å². The molecular weight excluding hydrogens is 446 g/mol. The van der Waals surface area contributed by atoms with Crippen LogP contribution in [-0.4, -0.2) is 16.1 Å². The molecular formula is C19H12Cl3FN2O2S. The number of rotatable bonds is 6. The first kappa shape index (κ1) is 20.7. The SMILES string of the molecule is O=C(O)c1ccc(SN(Cc2ccc(Cl)c(F)c2)c2ncc(Cl)cc2Cl)cc1. The average Bonchev–Trinajstić information content (AvgIpc) is 2.65. The Morgan fingerprint density at radius 3 is 2.39 bits per heavy atom. The van der Waals surface area contributed by atoms with E-state index in [1.165, 1.54) is 42.4 Å². The molecule has 0 unspecified atom stereocenters. The van der Waals surface area contributed by atoms with E-state index in [4.69, 9.17) is 39.9 Å². The summed E-state index contributed by atoms with van der Waals surface area (Å²) < 4.78 is 15.6. The fraction of sp³-hybridized carbons (Fsp3) is 0.0526. The predicted octanol–water partition coefficient (Wildman–Crippen LogP) is 6.59. The second-order valence-corrected chi connectivity index (χ2v) is 8.01. The second kappa shape index (κ2) is 9.01. The van der Waals surface area contributed by atoms with Crippen molar-refractivity contribution < 1.29 is 14.3 Å². The van der Waals surface area contributed by atoms with E-state index in [9.17, 15) is 9.18 Å². The summed E-state index contributed by atoms with van der Waals surface area (Å²) in [6.45, 7) is 0.272. The van der Waals surface area contributed by atoms with Gasteiger partial charge in [0.25, 0.3) is 0 Å². The predicted molar refractivity (Wildman–Crippen MR) is 111 cm³/mol. The van der Waals surface area contributed by atoms with Gasteiger partial charge in [-0.05, 0) is 60.0 Å². The summed E-state index contributed by atoms with van der Waals surface area (Å²) in [6.07, 6.45) is 1.46. The van der Waals surface area contributed by atoms with Gasteiger partial charge in [-0.1, -0.05) is 40.9 Å². The van der Waals surface area contributed by atoms with Crippen LogP contribution in [0.4, 0.5) is 10.2 Å². The summed E-state index contributed by atoms with van der Waals surface area (Å²) in [7, 11) is 0. The fourth-order valence-electron chi connectivity index (χ4n) is 2.33. The van der Waals surface area contributed by atoms with Crippen molar-refractivity contribution in [2.45, 2.75) is 11.4 Å². The first-order valence-corrected chi connectivity index (χ1v) is 9.78. The van der Waals surface area contributed by atoms with Gasteiger partial charge in [-0.25, -0.2) is 14.2 Å². The molecule has 0 amide bonds. The van der Waals surface area contributed by atoms with E-state index >= 15 is 0 Å². The molecule has 0 spiro atoms. The van der Waals surface area contributed by atoms with Crippen LogP contribution in [0.5, 0.6) is 0 Å². The van der Waals surface area contributed by atoms with E-state index in [1.54, 1.807) is 28.6 Å². The van der Waals surface area contributed by atoms with Crippen molar-refractivity contribution in [1.29, 1.82) is 0 Å². The highest BCUT2D eigenvalue weighted by Crippen LogP contribution is 2.35. The van der Waals surface area contributed by atoms with Crippen molar-refractivity contribution >= 4 is 58.5 Å². The lowest BCUT2D eigenvalue weighted by molar-refractivity contribution is 0.0697. The van der Waals surface area contributed by atoms with Crippen molar-refractivity contribution in [3.05, 3.63) is 86.7 Å². The lowest BCUT2D eigenvalue weighted by atomic mass is 10.2. The molecule has 3 aromatic rings. The number of benzene rings is 2. The molecule has 0 aliphatic rings.